The van der Waals surface area contributed by atoms with E-state index in [1.165, 1.54) is 0 Å². The van der Waals surface area contributed by atoms with Crippen LogP contribution < -0.4 is 0 Å². The van der Waals surface area contributed by atoms with Gasteiger partial charge in [-0.3, -0.25) is 0 Å². The van der Waals surface area contributed by atoms with Gasteiger partial charge in [0, 0.05) is 0 Å². The van der Waals surface area contributed by atoms with Gasteiger partial charge in [-0.05, 0) is 0 Å². The molecule has 0 amide bonds. The van der Waals surface area contributed by atoms with Crippen LogP contribution in [-0.2, 0) is 5.61 Å². The van der Waals surface area contributed by atoms with Gasteiger partial charge >= 0.3 is 62.1 Å². The molecule has 67 valence electrons. The molecule has 0 heterocycles. The van der Waals surface area contributed by atoms with E-state index in [2.05, 4.69) is 56.4 Å². The van der Waals surface area contributed by atoms with Gasteiger partial charge in [0.15, 0.2) is 0 Å². The van der Waals surface area contributed by atoms with Gasteiger partial charge in [0.1, 0.15) is 0 Å². The van der Waals surface area contributed by atoms with Gasteiger partial charge in [0.2, 0.25) is 0 Å². The molecule has 0 atom stereocenters. The van der Waals surface area contributed by atoms with Crippen molar-refractivity contribution >= 4 is 56.4 Å². The predicted molar refractivity (Wildman–Crippen MR) is 50.2 cm³/mol. The van der Waals surface area contributed by atoms with Crippen LogP contribution in [0.2, 0.25) is 0 Å². The monoisotopic (exact) mass is 443 g/mol. The molecule has 9 heteroatoms. The van der Waals surface area contributed by atoms with E-state index in [1.807, 2.05) is 0 Å². The third-order valence-electron chi connectivity index (χ3n) is 0. The molecule has 0 aromatic rings. The third kappa shape index (κ3) is 136. The maximum absolute atomic E-state index is 3.27. The van der Waals surface area contributed by atoms with Crippen LogP contribution in [0.25, 0.3) is 0 Å². The van der Waals surface area contributed by atoms with E-state index in [9.17, 15) is 0 Å². The fourth-order valence-electron chi connectivity index (χ4n) is 0. The van der Waals surface area contributed by atoms with Crippen molar-refractivity contribution in [2.75, 3.05) is 0 Å². The summed E-state index contributed by atoms with van der Waals surface area (Å²) in [6.45, 7) is 0. The molecule has 0 saturated carbocycles. The standard InChI is InChI=1S/4BrH.Mn.4H2O/h4*1H;;4*1H2/q;;;;+4;;;;/p-4. The first kappa shape index (κ1) is 30.2. The third-order valence-corrected chi connectivity index (χ3v) is 0. The summed E-state index contributed by atoms with van der Waals surface area (Å²) in [5.74, 6) is 0. The molecule has 0 fully saturated rings. The minimum atomic E-state index is -1.38. The first-order valence-corrected chi connectivity index (χ1v) is 12.2. The topological polar surface area (TPSA) is 126 Å². The minimum absolute atomic E-state index is 0. The van der Waals surface area contributed by atoms with Crippen molar-refractivity contribution < 1.29 is 27.5 Å². The molecule has 0 radical (unpaired) electrons. The van der Waals surface area contributed by atoms with Crippen LogP contribution >= 0.6 is 56.4 Å². The normalized spacial score (nSPS) is 8.44. The predicted octanol–water partition coefficient (Wildman–Crippen LogP) is 0.0811. The van der Waals surface area contributed by atoms with Crippen molar-refractivity contribution in [3.8, 4) is 0 Å². The molecule has 0 aromatic heterocycles. The molecule has 0 aliphatic carbocycles. The fourth-order valence-corrected chi connectivity index (χ4v) is 0. The summed E-state index contributed by atoms with van der Waals surface area (Å²) in [5, 5.41) is 0. The first-order valence-electron chi connectivity index (χ1n) is 0.571. The second-order valence-corrected chi connectivity index (χ2v) is 36.1. The summed E-state index contributed by atoms with van der Waals surface area (Å²) in [6, 6.07) is 0. The van der Waals surface area contributed by atoms with E-state index in [0.717, 1.165) is 0 Å². The summed E-state index contributed by atoms with van der Waals surface area (Å²) in [5.41, 5.74) is -1.38. The zero-order valence-corrected chi connectivity index (χ0v) is 11.4. The molecule has 0 saturated heterocycles. The van der Waals surface area contributed by atoms with Gasteiger partial charge in [-0.25, -0.2) is 0 Å². The van der Waals surface area contributed by atoms with Crippen molar-refractivity contribution in [3.63, 3.8) is 0 Å². The molecule has 0 aliphatic heterocycles. The molecule has 8 N–H and O–H groups in total. The van der Waals surface area contributed by atoms with Crippen LogP contribution in [0.1, 0.15) is 0 Å². The molecule has 0 bridgehead atoms. The number of halogens is 4. The Balaban J connectivity index is -0.0000000133. The molecule has 0 unspecified atom stereocenters. The van der Waals surface area contributed by atoms with Gasteiger partial charge in [0.25, 0.3) is 0 Å². The van der Waals surface area contributed by atoms with Gasteiger partial charge in [0.05, 0.1) is 0 Å². The number of rotatable bonds is 0. The molecule has 0 aliphatic rings. The Bertz CT molecular complexity index is 28.0. The number of hydrogen-bond donors (Lipinski definition) is 0. The summed E-state index contributed by atoms with van der Waals surface area (Å²) < 4.78 is 0. The average molecular weight is 447 g/mol. The van der Waals surface area contributed by atoms with E-state index < -0.39 is 5.61 Å². The zero-order valence-electron chi connectivity index (χ0n) is 3.89. The van der Waals surface area contributed by atoms with Crippen LogP contribution in [0.4, 0.5) is 0 Å². The SMILES string of the molecule is O.O.O.O.[Br][Mn]([Br])([Br])[Br]. The molecular weight excluding hydrogens is 439 g/mol. The fraction of sp³-hybridized carbons (Fsp3) is 0. The zero-order chi connectivity index (χ0) is 4.50. The van der Waals surface area contributed by atoms with Crippen LogP contribution in [0, 0.1) is 0 Å². The Hall–Kier alpha value is 2.28. The summed E-state index contributed by atoms with van der Waals surface area (Å²) in [7, 11) is 0. The van der Waals surface area contributed by atoms with Gasteiger partial charge < -0.3 is 21.9 Å². The quantitative estimate of drug-likeness (QED) is 0.467. The molecule has 0 rings (SSSR count). The maximum atomic E-state index is 3.27. The Labute approximate surface area is 83.0 Å². The van der Waals surface area contributed by atoms with Gasteiger partial charge in [-0.1, -0.05) is 0 Å². The molecule has 0 aromatic carbocycles. The van der Waals surface area contributed by atoms with Crippen molar-refractivity contribution in [1.29, 1.82) is 0 Å². The van der Waals surface area contributed by atoms with Crippen LogP contribution in [0.3, 0.4) is 0 Å². The Morgan fingerprint density at radius 1 is 0.556 bits per heavy atom. The Kier molecular flexibility index (Phi) is 43.4. The van der Waals surface area contributed by atoms with Crippen molar-refractivity contribution in [3.05, 3.63) is 0 Å². The van der Waals surface area contributed by atoms with Crippen LogP contribution in [0.5, 0.6) is 0 Å². The Morgan fingerprint density at radius 3 is 0.556 bits per heavy atom. The van der Waals surface area contributed by atoms with E-state index in [-0.39, 0.29) is 21.9 Å². The summed E-state index contributed by atoms with van der Waals surface area (Å²) >= 11 is 13.1. The second kappa shape index (κ2) is 12.9. The van der Waals surface area contributed by atoms with E-state index in [1.54, 1.807) is 0 Å². The average Bonchev–Trinajstić information content (AvgIpc) is 0.722. The van der Waals surface area contributed by atoms with Crippen LogP contribution in [-0.4, -0.2) is 21.9 Å². The van der Waals surface area contributed by atoms with E-state index >= 15 is 0 Å². The summed E-state index contributed by atoms with van der Waals surface area (Å²) in [4.78, 5) is 0. The molecule has 0 spiro atoms. The molecular formula is H8Br4MnO4. The molecule has 4 nitrogen and oxygen atoms in total. The molecule has 9 heavy (non-hydrogen) atoms. The van der Waals surface area contributed by atoms with Gasteiger partial charge in [-0.2, -0.15) is 0 Å². The van der Waals surface area contributed by atoms with E-state index in [4.69, 9.17) is 0 Å². The van der Waals surface area contributed by atoms with Crippen molar-refractivity contribution in [1.82, 2.24) is 0 Å². The first-order chi connectivity index (χ1) is 2.00. The summed E-state index contributed by atoms with van der Waals surface area (Å²) in [6.07, 6.45) is 0. The van der Waals surface area contributed by atoms with Crippen molar-refractivity contribution in [2.24, 2.45) is 0 Å². The van der Waals surface area contributed by atoms with Crippen LogP contribution in [0.15, 0.2) is 0 Å². The Morgan fingerprint density at radius 2 is 0.556 bits per heavy atom. The number of hydrogen-bond acceptors (Lipinski definition) is 0. The van der Waals surface area contributed by atoms with Gasteiger partial charge in [-0.15, -0.1) is 0 Å². The second-order valence-electron chi connectivity index (χ2n) is 0.324. The van der Waals surface area contributed by atoms with Crippen molar-refractivity contribution in [2.45, 2.75) is 0 Å². The van der Waals surface area contributed by atoms with E-state index in [0.29, 0.717) is 0 Å².